The van der Waals surface area contributed by atoms with Crippen molar-refractivity contribution in [3.05, 3.63) is 42.2 Å². The summed E-state index contributed by atoms with van der Waals surface area (Å²) in [6, 6.07) is 9.05. The lowest BCUT2D eigenvalue weighted by atomic mass is 10.2. The highest BCUT2D eigenvalue weighted by atomic mass is 32.2. The molecule has 1 aliphatic rings. The highest BCUT2D eigenvalue weighted by Gasteiger charge is 2.35. The number of hydrogen-bond donors (Lipinski definition) is 1. The summed E-state index contributed by atoms with van der Waals surface area (Å²) in [7, 11) is -1.66. The number of pyridine rings is 2. The van der Waals surface area contributed by atoms with E-state index in [-0.39, 0.29) is 11.8 Å². The second-order valence-corrected chi connectivity index (χ2v) is 7.21. The van der Waals surface area contributed by atoms with E-state index in [0.717, 1.165) is 12.8 Å². The first-order valence-corrected chi connectivity index (χ1v) is 8.58. The Bertz CT molecular complexity index is 759. The van der Waals surface area contributed by atoms with E-state index < -0.39 is 10.0 Å². The van der Waals surface area contributed by atoms with Crippen LogP contribution in [0.3, 0.4) is 0 Å². The summed E-state index contributed by atoms with van der Waals surface area (Å²) in [6.07, 6.45) is 3.16. The quantitative estimate of drug-likeness (QED) is 0.877. The Hall–Kier alpha value is -1.99. The first-order valence-electron chi connectivity index (χ1n) is 7.03. The van der Waals surface area contributed by atoms with E-state index in [1.165, 1.54) is 0 Å². The predicted octanol–water partition coefficient (Wildman–Crippen LogP) is 1.73. The minimum absolute atomic E-state index is 0.149. The zero-order chi connectivity index (χ0) is 15.6. The molecule has 0 aliphatic heterocycles. The molecule has 0 unspecified atom stereocenters. The Morgan fingerprint density at radius 3 is 2.73 bits per heavy atom. The van der Waals surface area contributed by atoms with Crippen molar-refractivity contribution >= 4 is 10.0 Å². The van der Waals surface area contributed by atoms with E-state index in [1.54, 1.807) is 25.4 Å². The molecule has 0 bridgehead atoms. The maximum absolute atomic E-state index is 11.9. The molecule has 0 radical (unpaired) electrons. The third kappa shape index (κ3) is 3.42. The molecule has 22 heavy (non-hydrogen) atoms. The molecule has 2 heterocycles. The molecule has 7 heteroatoms. The van der Waals surface area contributed by atoms with Crippen LogP contribution in [0.25, 0.3) is 11.4 Å². The summed E-state index contributed by atoms with van der Waals surface area (Å²) in [6.45, 7) is 0.149. The summed E-state index contributed by atoms with van der Waals surface area (Å²) < 4.78 is 31.7. The number of aromatic nitrogens is 2. The van der Waals surface area contributed by atoms with Crippen LogP contribution in [0.5, 0.6) is 5.75 Å². The Morgan fingerprint density at radius 2 is 2.09 bits per heavy atom. The van der Waals surface area contributed by atoms with Gasteiger partial charge in [0.15, 0.2) is 0 Å². The standard InChI is InChI=1S/C15H17N3O3S/c1-21-12-8-11(10-17-22(19,20)13-5-6-13)18-15(9-12)14-4-2-3-7-16-14/h2-4,7-9,13,17H,5-6,10H2,1H3. The van der Waals surface area contributed by atoms with E-state index in [9.17, 15) is 8.42 Å². The van der Waals surface area contributed by atoms with E-state index in [2.05, 4.69) is 14.7 Å². The molecule has 2 aromatic heterocycles. The zero-order valence-corrected chi connectivity index (χ0v) is 13.0. The minimum Gasteiger partial charge on any atom is -0.497 e. The number of methoxy groups -OCH3 is 1. The van der Waals surface area contributed by atoms with Crippen molar-refractivity contribution in [2.75, 3.05) is 7.11 Å². The molecule has 2 aromatic rings. The summed E-state index contributed by atoms with van der Waals surface area (Å²) in [5, 5.41) is -0.242. The number of nitrogens with one attached hydrogen (secondary N) is 1. The van der Waals surface area contributed by atoms with E-state index in [4.69, 9.17) is 4.74 Å². The fourth-order valence-corrected chi connectivity index (χ4v) is 3.43. The minimum atomic E-state index is -3.23. The van der Waals surface area contributed by atoms with Crippen molar-refractivity contribution < 1.29 is 13.2 Å². The van der Waals surface area contributed by atoms with E-state index >= 15 is 0 Å². The van der Waals surface area contributed by atoms with Crippen LogP contribution in [-0.2, 0) is 16.6 Å². The van der Waals surface area contributed by atoms with Crippen molar-refractivity contribution in [3.63, 3.8) is 0 Å². The first-order chi connectivity index (χ1) is 10.6. The highest BCUT2D eigenvalue weighted by Crippen LogP contribution is 2.28. The Kier molecular flexibility index (Phi) is 4.08. The normalized spacial score (nSPS) is 14.8. The molecule has 0 saturated heterocycles. The van der Waals surface area contributed by atoms with Crippen LogP contribution in [0.15, 0.2) is 36.5 Å². The number of nitrogens with zero attached hydrogens (tertiary/aromatic N) is 2. The number of ether oxygens (including phenoxy) is 1. The van der Waals surface area contributed by atoms with E-state index in [1.807, 2.05) is 18.2 Å². The Balaban J connectivity index is 1.84. The van der Waals surface area contributed by atoms with Crippen LogP contribution in [-0.4, -0.2) is 30.7 Å². The molecule has 3 rings (SSSR count). The molecule has 1 saturated carbocycles. The molecule has 0 aromatic carbocycles. The van der Waals surface area contributed by atoms with Crippen molar-refractivity contribution in [3.8, 4) is 17.1 Å². The molecule has 0 amide bonds. The summed E-state index contributed by atoms with van der Waals surface area (Å²) in [5.41, 5.74) is 1.97. The van der Waals surface area contributed by atoms with Gasteiger partial charge in [-0.2, -0.15) is 0 Å². The van der Waals surface area contributed by atoms with Crippen molar-refractivity contribution in [2.45, 2.75) is 24.6 Å². The molecule has 0 atom stereocenters. The predicted molar refractivity (Wildman–Crippen MR) is 82.8 cm³/mol. The maximum atomic E-state index is 11.9. The molecule has 1 fully saturated rings. The van der Waals surface area contributed by atoms with E-state index in [0.29, 0.717) is 22.8 Å². The van der Waals surface area contributed by atoms with Gasteiger partial charge in [0, 0.05) is 18.3 Å². The van der Waals surface area contributed by atoms with Gasteiger partial charge in [0.25, 0.3) is 0 Å². The summed E-state index contributed by atoms with van der Waals surface area (Å²) in [5.74, 6) is 0.622. The monoisotopic (exact) mass is 319 g/mol. The van der Waals surface area contributed by atoms with Gasteiger partial charge in [-0.1, -0.05) is 6.07 Å². The van der Waals surface area contributed by atoms with Crippen LogP contribution in [0.1, 0.15) is 18.5 Å². The first kappa shape index (κ1) is 14.9. The average Bonchev–Trinajstić information content (AvgIpc) is 3.39. The summed E-state index contributed by atoms with van der Waals surface area (Å²) in [4.78, 5) is 8.72. The average molecular weight is 319 g/mol. The number of rotatable bonds is 6. The van der Waals surface area contributed by atoms with Gasteiger partial charge in [0.05, 0.1) is 36.0 Å². The van der Waals surface area contributed by atoms with Gasteiger partial charge in [0.1, 0.15) is 5.75 Å². The SMILES string of the molecule is COc1cc(CNS(=O)(=O)C2CC2)nc(-c2ccccn2)c1. The van der Waals surface area contributed by atoms with Crippen molar-refractivity contribution in [1.29, 1.82) is 0 Å². The lowest BCUT2D eigenvalue weighted by molar-refractivity contribution is 0.413. The van der Waals surface area contributed by atoms with Gasteiger partial charge in [-0.25, -0.2) is 18.1 Å². The smallest absolute Gasteiger partial charge is 0.214 e. The highest BCUT2D eigenvalue weighted by molar-refractivity contribution is 7.90. The Labute approximate surface area is 129 Å². The third-order valence-corrected chi connectivity index (χ3v) is 5.33. The lowest BCUT2D eigenvalue weighted by Crippen LogP contribution is -2.27. The third-order valence-electron chi connectivity index (χ3n) is 3.43. The molecule has 1 N–H and O–H groups in total. The topological polar surface area (TPSA) is 81.2 Å². The summed E-state index contributed by atoms with van der Waals surface area (Å²) >= 11 is 0. The zero-order valence-electron chi connectivity index (χ0n) is 12.2. The number of sulfonamides is 1. The van der Waals surface area contributed by atoms with Gasteiger partial charge in [-0.15, -0.1) is 0 Å². The second-order valence-electron chi connectivity index (χ2n) is 5.16. The molecule has 6 nitrogen and oxygen atoms in total. The molecular formula is C15H17N3O3S. The van der Waals surface area contributed by atoms with Crippen molar-refractivity contribution in [2.24, 2.45) is 0 Å². The largest absolute Gasteiger partial charge is 0.497 e. The molecular weight excluding hydrogens is 302 g/mol. The van der Waals surface area contributed by atoms with Gasteiger partial charge in [0.2, 0.25) is 10.0 Å². The van der Waals surface area contributed by atoms with Crippen molar-refractivity contribution in [1.82, 2.24) is 14.7 Å². The molecule has 116 valence electrons. The van der Waals surface area contributed by atoms with Gasteiger partial charge >= 0.3 is 0 Å². The molecule has 1 aliphatic carbocycles. The fraction of sp³-hybridized carbons (Fsp3) is 0.333. The Morgan fingerprint density at radius 1 is 1.27 bits per heavy atom. The number of hydrogen-bond acceptors (Lipinski definition) is 5. The maximum Gasteiger partial charge on any atom is 0.214 e. The fourth-order valence-electron chi connectivity index (χ4n) is 2.08. The van der Waals surface area contributed by atoms with Crippen LogP contribution in [0.2, 0.25) is 0 Å². The second kappa shape index (κ2) is 6.02. The lowest BCUT2D eigenvalue weighted by Gasteiger charge is -2.09. The van der Waals surface area contributed by atoms with Gasteiger partial charge in [-0.3, -0.25) is 4.98 Å². The van der Waals surface area contributed by atoms with Crippen LogP contribution >= 0.6 is 0 Å². The molecule has 0 spiro atoms. The van der Waals surface area contributed by atoms with Crippen LogP contribution < -0.4 is 9.46 Å². The van der Waals surface area contributed by atoms with Crippen LogP contribution in [0, 0.1) is 0 Å². The van der Waals surface area contributed by atoms with Gasteiger partial charge < -0.3 is 4.74 Å². The van der Waals surface area contributed by atoms with Gasteiger partial charge in [-0.05, 0) is 25.0 Å². The van der Waals surface area contributed by atoms with Crippen LogP contribution in [0.4, 0.5) is 0 Å².